The summed E-state index contributed by atoms with van der Waals surface area (Å²) in [6.07, 6.45) is 6.30. The molecule has 1 aromatic rings. The van der Waals surface area contributed by atoms with E-state index in [4.69, 9.17) is 0 Å². The molecular weight excluding hydrogens is 269 g/mol. The lowest BCUT2D eigenvalue weighted by molar-refractivity contribution is 0.0812. The third-order valence-electron chi connectivity index (χ3n) is 4.08. The molecule has 18 heavy (non-hydrogen) atoms. The Labute approximate surface area is 122 Å². The highest BCUT2D eigenvalue weighted by molar-refractivity contribution is 5.85. The molecule has 3 nitrogen and oxygen atoms in total. The van der Waals surface area contributed by atoms with Crippen molar-refractivity contribution in [3.63, 3.8) is 0 Å². The van der Waals surface area contributed by atoms with Crippen LogP contribution in [-0.4, -0.2) is 36.1 Å². The van der Waals surface area contributed by atoms with Crippen LogP contribution < -0.4 is 5.32 Å². The standard InChI is InChI=1S/C13H21N3.2ClH/c1-3-11(4-1)13(12-5-2-6-15-12)16-9-7-14-8-10-16;;/h2,5-6,11,13-15H,1,3-4,7-10H2;2*1H/t13-;;/m0../s1. The number of piperazine rings is 1. The number of rotatable bonds is 3. The van der Waals surface area contributed by atoms with Gasteiger partial charge in [0.25, 0.3) is 0 Å². The maximum atomic E-state index is 3.44. The summed E-state index contributed by atoms with van der Waals surface area (Å²) in [5, 5.41) is 3.44. The summed E-state index contributed by atoms with van der Waals surface area (Å²) in [5.74, 6) is 0.886. The molecular formula is C13H23Cl2N3. The highest BCUT2D eigenvalue weighted by Gasteiger charge is 2.33. The van der Waals surface area contributed by atoms with Crippen LogP contribution in [0.5, 0.6) is 0 Å². The SMILES string of the molecule is Cl.Cl.c1c[nH]c([C@H](C2CCC2)N2CCNCC2)c1. The highest BCUT2D eigenvalue weighted by atomic mass is 35.5. The third-order valence-corrected chi connectivity index (χ3v) is 4.08. The molecule has 1 aromatic heterocycles. The van der Waals surface area contributed by atoms with Gasteiger partial charge < -0.3 is 10.3 Å². The van der Waals surface area contributed by atoms with Crippen LogP contribution in [0.3, 0.4) is 0 Å². The predicted molar refractivity (Wildman–Crippen MR) is 79.8 cm³/mol. The number of aromatic nitrogens is 1. The summed E-state index contributed by atoms with van der Waals surface area (Å²) < 4.78 is 0. The van der Waals surface area contributed by atoms with Gasteiger partial charge in [-0.05, 0) is 30.9 Å². The Morgan fingerprint density at radius 3 is 2.39 bits per heavy atom. The van der Waals surface area contributed by atoms with Crippen molar-refractivity contribution in [3.05, 3.63) is 24.0 Å². The van der Waals surface area contributed by atoms with Crippen LogP contribution in [0, 0.1) is 5.92 Å². The predicted octanol–water partition coefficient (Wildman–Crippen LogP) is 2.60. The molecule has 0 unspecified atom stereocenters. The number of aromatic amines is 1. The minimum absolute atomic E-state index is 0. The average Bonchev–Trinajstić information content (AvgIpc) is 2.77. The van der Waals surface area contributed by atoms with Gasteiger partial charge in [0, 0.05) is 38.1 Å². The van der Waals surface area contributed by atoms with Crippen LogP contribution in [0.25, 0.3) is 0 Å². The van der Waals surface area contributed by atoms with Crippen LogP contribution in [-0.2, 0) is 0 Å². The van der Waals surface area contributed by atoms with Crippen LogP contribution in [0.2, 0.25) is 0 Å². The lowest BCUT2D eigenvalue weighted by Gasteiger charge is -2.42. The molecule has 104 valence electrons. The second-order valence-electron chi connectivity index (χ2n) is 5.05. The maximum Gasteiger partial charge on any atom is 0.0527 e. The fourth-order valence-electron chi connectivity index (χ4n) is 2.99. The number of H-pyrrole nitrogens is 1. The van der Waals surface area contributed by atoms with Gasteiger partial charge in [-0.15, -0.1) is 24.8 Å². The summed E-state index contributed by atoms with van der Waals surface area (Å²) in [4.78, 5) is 6.08. The Bertz CT molecular complexity index is 319. The van der Waals surface area contributed by atoms with E-state index in [9.17, 15) is 0 Å². The van der Waals surface area contributed by atoms with Crippen LogP contribution >= 0.6 is 24.8 Å². The molecule has 2 heterocycles. The zero-order valence-corrected chi connectivity index (χ0v) is 12.2. The number of nitrogens with zero attached hydrogens (tertiary/aromatic N) is 1. The van der Waals surface area contributed by atoms with Gasteiger partial charge in [-0.1, -0.05) is 6.42 Å². The molecule has 0 bridgehead atoms. The summed E-state index contributed by atoms with van der Waals surface area (Å²) in [6, 6.07) is 5.03. The molecule has 1 aliphatic carbocycles. The van der Waals surface area contributed by atoms with Crippen molar-refractivity contribution in [1.29, 1.82) is 0 Å². The minimum atomic E-state index is 0. The van der Waals surface area contributed by atoms with Crippen LogP contribution in [0.15, 0.2) is 18.3 Å². The van der Waals surface area contributed by atoms with E-state index in [-0.39, 0.29) is 24.8 Å². The molecule has 0 amide bonds. The first-order chi connectivity index (χ1) is 7.95. The molecule has 0 spiro atoms. The topological polar surface area (TPSA) is 31.1 Å². The molecule has 1 atom stereocenters. The van der Waals surface area contributed by atoms with E-state index in [0.29, 0.717) is 6.04 Å². The molecule has 0 radical (unpaired) electrons. The van der Waals surface area contributed by atoms with Gasteiger partial charge in [0.15, 0.2) is 0 Å². The van der Waals surface area contributed by atoms with Gasteiger partial charge >= 0.3 is 0 Å². The van der Waals surface area contributed by atoms with E-state index in [1.54, 1.807) is 0 Å². The Morgan fingerprint density at radius 2 is 1.89 bits per heavy atom. The van der Waals surface area contributed by atoms with Crippen LogP contribution in [0.4, 0.5) is 0 Å². The van der Waals surface area contributed by atoms with E-state index in [1.807, 2.05) is 0 Å². The largest absolute Gasteiger partial charge is 0.364 e. The Kier molecular flexibility index (Phi) is 6.50. The van der Waals surface area contributed by atoms with E-state index < -0.39 is 0 Å². The molecule has 2 N–H and O–H groups in total. The smallest absolute Gasteiger partial charge is 0.0527 e. The average molecular weight is 292 g/mol. The van der Waals surface area contributed by atoms with E-state index in [1.165, 1.54) is 38.0 Å². The zero-order valence-electron chi connectivity index (χ0n) is 10.6. The molecule has 1 aliphatic heterocycles. The summed E-state index contributed by atoms with van der Waals surface area (Å²) in [7, 11) is 0. The molecule has 1 saturated carbocycles. The molecule has 0 aromatic carbocycles. The molecule has 2 fully saturated rings. The van der Waals surface area contributed by atoms with Gasteiger partial charge in [-0.3, -0.25) is 4.90 Å². The lowest BCUT2D eigenvalue weighted by Crippen LogP contribution is -2.47. The lowest BCUT2D eigenvalue weighted by atomic mass is 9.77. The second kappa shape index (κ2) is 7.39. The zero-order chi connectivity index (χ0) is 10.8. The van der Waals surface area contributed by atoms with Crippen molar-refractivity contribution in [3.8, 4) is 0 Å². The highest BCUT2D eigenvalue weighted by Crippen LogP contribution is 2.40. The summed E-state index contributed by atoms with van der Waals surface area (Å²) in [6.45, 7) is 4.67. The second-order valence-corrected chi connectivity index (χ2v) is 5.05. The first kappa shape index (κ1) is 15.8. The van der Waals surface area contributed by atoms with Crippen molar-refractivity contribution in [2.45, 2.75) is 25.3 Å². The molecule has 1 saturated heterocycles. The van der Waals surface area contributed by atoms with Crippen LogP contribution in [0.1, 0.15) is 31.0 Å². The van der Waals surface area contributed by atoms with Gasteiger partial charge in [0.05, 0.1) is 6.04 Å². The van der Waals surface area contributed by atoms with Crippen molar-refractivity contribution < 1.29 is 0 Å². The summed E-state index contributed by atoms with van der Waals surface area (Å²) in [5.41, 5.74) is 1.42. The van der Waals surface area contributed by atoms with Gasteiger partial charge in [-0.25, -0.2) is 0 Å². The van der Waals surface area contributed by atoms with Gasteiger partial charge in [-0.2, -0.15) is 0 Å². The molecule has 5 heteroatoms. The Balaban J connectivity index is 0.000000810. The van der Waals surface area contributed by atoms with E-state index >= 15 is 0 Å². The monoisotopic (exact) mass is 291 g/mol. The van der Waals surface area contributed by atoms with E-state index in [2.05, 4.69) is 33.5 Å². The van der Waals surface area contributed by atoms with Crippen molar-refractivity contribution in [2.75, 3.05) is 26.2 Å². The third kappa shape index (κ3) is 3.21. The fourth-order valence-corrected chi connectivity index (χ4v) is 2.99. The first-order valence-electron chi connectivity index (χ1n) is 6.53. The van der Waals surface area contributed by atoms with Crippen molar-refractivity contribution in [2.24, 2.45) is 5.92 Å². The molecule has 2 aliphatic rings. The van der Waals surface area contributed by atoms with Gasteiger partial charge in [0.2, 0.25) is 0 Å². The Hall–Kier alpha value is -0.220. The number of nitrogens with one attached hydrogen (secondary N) is 2. The summed E-state index contributed by atoms with van der Waals surface area (Å²) >= 11 is 0. The van der Waals surface area contributed by atoms with Crippen molar-refractivity contribution >= 4 is 24.8 Å². The first-order valence-corrected chi connectivity index (χ1v) is 6.53. The maximum absolute atomic E-state index is 3.44. The Morgan fingerprint density at radius 1 is 1.17 bits per heavy atom. The molecule has 3 rings (SSSR count). The van der Waals surface area contributed by atoms with Crippen molar-refractivity contribution in [1.82, 2.24) is 15.2 Å². The minimum Gasteiger partial charge on any atom is -0.364 e. The van der Waals surface area contributed by atoms with Gasteiger partial charge in [0.1, 0.15) is 0 Å². The number of hydrogen-bond acceptors (Lipinski definition) is 2. The fraction of sp³-hybridized carbons (Fsp3) is 0.692. The normalized spacial score (nSPS) is 22.4. The van der Waals surface area contributed by atoms with E-state index in [0.717, 1.165) is 19.0 Å². The number of halogens is 2. The quantitative estimate of drug-likeness (QED) is 0.897. The number of hydrogen-bond donors (Lipinski definition) is 2.